The predicted octanol–water partition coefficient (Wildman–Crippen LogP) is 1.44. The van der Waals surface area contributed by atoms with E-state index in [0.717, 1.165) is 4.47 Å². The van der Waals surface area contributed by atoms with Crippen molar-refractivity contribution in [2.75, 3.05) is 5.32 Å². The highest BCUT2D eigenvalue weighted by molar-refractivity contribution is 9.10. The van der Waals surface area contributed by atoms with Crippen LogP contribution in [0.1, 0.15) is 6.92 Å². The number of carbonyl (C=O) groups is 1. The van der Waals surface area contributed by atoms with Crippen LogP contribution in [0.25, 0.3) is 0 Å². The molecule has 0 aliphatic rings. The van der Waals surface area contributed by atoms with Gasteiger partial charge in [0, 0.05) is 4.47 Å². The summed E-state index contributed by atoms with van der Waals surface area (Å²) in [5, 5.41) is 11.9. The Morgan fingerprint density at radius 3 is 2.79 bits per heavy atom. The molecule has 1 rings (SSSR count). The van der Waals surface area contributed by atoms with Crippen LogP contribution in [0.4, 0.5) is 5.69 Å². The maximum absolute atomic E-state index is 11.2. The van der Waals surface area contributed by atoms with Gasteiger partial charge in [-0.3, -0.25) is 4.79 Å². The molecule has 0 heterocycles. The molecule has 1 aromatic carbocycles. The lowest BCUT2D eigenvalue weighted by atomic mass is 10.2. The first kappa shape index (κ1) is 11.0. The molecule has 0 spiro atoms. The Labute approximate surface area is 90.2 Å². The number of benzene rings is 1. The molecule has 0 saturated carbocycles. The van der Waals surface area contributed by atoms with Crippen molar-refractivity contribution >= 4 is 27.5 Å². The normalized spacial score (nSPS) is 12.2. The lowest BCUT2D eigenvalue weighted by molar-refractivity contribution is -0.117. The summed E-state index contributed by atoms with van der Waals surface area (Å²) in [5.74, 6) is -0.323. The van der Waals surface area contributed by atoms with Crippen LogP contribution < -0.4 is 11.1 Å². The van der Waals surface area contributed by atoms with Crippen molar-refractivity contribution in [1.82, 2.24) is 0 Å². The smallest absolute Gasteiger partial charge is 0.241 e. The molecule has 1 atom stereocenters. The molecule has 1 amide bonds. The van der Waals surface area contributed by atoms with Gasteiger partial charge in [-0.15, -0.1) is 0 Å². The fraction of sp³-hybridized carbons (Fsp3) is 0.222. The zero-order valence-corrected chi connectivity index (χ0v) is 9.21. The number of phenols is 1. The van der Waals surface area contributed by atoms with Gasteiger partial charge < -0.3 is 16.2 Å². The van der Waals surface area contributed by atoms with E-state index in [1.807, 2.05) is 0 Å². The molecule has 0 radical (unpaired) electrons. The van der Waals surface area contributed by atoms with E-state index >= 15 is 0 Å². The van der Waals surface area contributed by atoms with Gasteiger partial charge in [-0.25, -0.2) is 0 Å². The van der Waals surface area contributed by atoms with Gasteiger partial charge >= 0.3 is 0 Å². The van der Waals surface area contributed by atoms with Crippen molar-refractivity contribution < 1.29 is 9.90 Å². The van der Waals surface area contributed by atoms with E-state index in [1.54, 1.807) is 19.1 Å². The second-order valence-electron chi connectivity index (χ2n) is 2.94. The average Bonchev–Trinajstić information content (AvgIpc) is 2.09. The quantitative estimate of drug-likeness (QED) is 0.703. The third kappa shape index (κ3) is 2.71. The van der Waals surface area contributed by atoms with E-state index in [1.165, 1.54) is 6.07 Å². The van der Waals surface area contributed by atoms with E-state index in [0.29, 0.717) is 5.69 Å². The van der Waals surface area contributed by atoms with Crippen molar-refractivity contribution in [1.29, 1.82) is 0 Å². The van der Waals surface area contributed by atoms with Gasteiger partial charge in [0.15, 0.2) is 0 Å². The molecule has 0 saturated heterocycles. The van der Waals surface area contributed by atoms with Gasteiger partial charge in [-0.05, 0) is 25.1 Å². The van der Waals surface area contributed by atoms with Gasteiger partial charge in [0.1, 0.15) is 5.75 Å². The molecular weight excluding hydrogens is 248 g/mol. The van der Waals surface area contributed by atoms with Crippen LogP contribution in [0.5, 0.6) is 5.75 Å². The molecule has 1 aromatic rings. The van der Waals surface area contributed by atoms with E-state index in [9.17, 15) is 9.90 Å². The zero-order chi connectivity index (χ0) is 10.7. The summed E-state index contributed by atoms with van der Waals surface area (Å²) in [5.41, 5.74) is 5.72. The topological polar surface area (TPSA) is 75.4 Å². The Kier molecular flexibility index (Phi) is 3.49. The van der Waals surface area contributed by atoms with E-state index in [-0.39, 0.29) is 11.7 Å². The standard InChI is InChI=1S/C9H11BrN2O2/c1-5(11)9(14)12-7-3-2-6(10)4-8(7)13/h2-5,13H,11H2,1H3,(H,12,14). The van der Waals surface area contributed by atoms with Gasteiger partial charge in [0.2, 0.25) is 5.91 Å². The van der Waals surface area contributed by atoms with E-state index in [2.05, 4.69) is 21.2 Å². The largest absolute Gasteiger partial charge is 0.506 e. The highest BCUT2D eigenvalue weighted by Crippen LogP contribution is 2.26. The number of anilines is 1. The molecule has 4 nitrogen and oxygen atoms in total. The highest BCUT2D eigenvalue weighted by Gasteiger charge is 2.09. The zero-order valence-electron chi connectivity index (χ0n) is 7.62. The van der Waals surface area contributed by atoms with Crippen LogP contribution in [0.15, 0.2) is 22.7 Å². The van der Waals surface area contributed by atoms with Crippen molar-refractivity contribution in [2.45, 2.75) is 13.0 Å². The first-order chi connectivity index (χ1) is 6.50. The van der Waals surface area contributed by atoms with Gasteiger partial charge in [0.05, 0.1) is 11.7 Å². The molecule has 4 N–H and O–H groups in total. The molecule has 0 aromatic heterocycles. The first-order valence-electron chi connectivity index (χ1n) is 4.05. The van der Waals surface area contributed by atoms with Gasteiger partial charge in [-0.1, -0.05) is 15.9 Å². The Morgan fingerprint density at radius 2 is 2.29 bits per heavy atom. The average molecular weight is 259 g/mol. The fourth-order valence-corrected chi connectivity index (χ4v) is 1.21. The van der Waals surface area contributed by atoms with E-state index < -0.39 is 6.04 Å². The van der Waals surface area contributed by atoms with Crippen LogP contribution in [0.3, 0.4) is 0 Å². The number of aromatic hydroxyl groups is 1. The summed E-state index contributed by atoms with van der Waals surface area (Å²) in [6.07, 6.45) is 0. The molecule has 0 aliphatic carbocycles. The summed E-state index contributed by atoms with van der Waals surface area (Å²) in [6.45, 7) is 1.57. The van der Waals surface area contributed by atoms with E-state index in [4.69, 9.17) is 5.73 Å². The Balaban J connectivity index is 2.82. The maximum Gasteiger partial charge on any atom is 0.241 e. The summed E-state index contributed by atoms with van der Waals surface area (Å²) in [4.78, 5) is 11.2. The van der Waals surface area contributed by atoms with Crippen molar-refractivity contribution in [3.63, 3.8) is 0 Å². The Morgan fingerprint density at radius 1 is 1.64 bits per heavy atom. The summed E-state index contributed by atoms with van der Waals surface area (Å²) < 4.78 is 0.744. The molecule has 5 heteroatoms. The van der Waals surface area contributed by atoms with Crippen molar-refractivity contribution in [3.05, 3.63) is 22.7 Å². The lowest BCUT2D eigenvalue weighted by Crippen LogP contribution is -2.32. The molecule has 1 unspecified atom stereocenters. The minimum absolute atomic E-state index is 0.00775. The third-order valence-electron chi connectivity index (χ3n) is 1.63. The number of hydrogen-bond acceptors (Lipinski definition) is 3. The maximum atomic E-state index is 11.2. The van der Waals surface area contributed by atoms with Crippen LogP contribution in [-0.2, 0) is 4.79 Å². The molecule has 76 valence electrons. The summed E-state index contributed by atoms with van der Waals surface area (Å²) >= 11 is 3.19. The lowest BCUT2D eigenvalue weighted by Gasteiger charge is -2.09. The van der Waals surface area contributed by atoms with Crippen LogP contribution in [-0.4, -0.2) is 17.1 Å². The SMILES string of the molecule is CC(N)C(=O)Nc1ccc(Br)cc1O. The molecule has 0 bridgehead atoms. The van der Waals surface area contributed by atoms with Gasteiger partial charge in [-0.2, -0.15) is 0 Å². The predicted molar refractivity (Wildman–Crippen MR) is 58.1 cm³/mol. The van der Waals surface area contributed by atoms with Gasteiger partial charge in [0.25, 0.3) is 0 Å². The van der Waals surface area contributed by atoms with Crippen LogP contribution in [0.2, 0.25) is 0 Å². The third-order valence-corrected chi connectivity index (χ3v) is 2.12. The number of halogens is 1. The highest BCUT2D eigenvalue weighted by atomic mass is 79.9. The number of carbonyl (C=O) groups excluding carboxylic acids is 1. The first-order valence-corrected chi connectivity index (χ1v) is 4.85. The second-order valence-corrected chi connectivity index (χ2v) is 3.86. The molecule has 14 heavy (non-hydrogen) atoms. The number of hydrogen-bond donors (Lipinski definition) is 3. The number of nitrogens with two attached hydrogens (primary N) is 1. The minimum Gasteiger partial charge on any atom is -0.506 e. The van der Waals surface area contributed by atoms with Crippen LogP contribution >= 0.6 is 15.9 Å². The fourth-order valence-electron chi connectivity index (χ4n) is 0.857. The monoisotopic (exact) mass is 258 g/mol. The van der Waals surface area contributed by atoms with Crippen LogP contribution in [0, 0.1) is 0 Å². The van der Waals surface area contributed by atoms with Crippen molar-refractivity contribution in [2.24, 2.45) is 5.73 Å². The van der Waals surface area contributed by atoms with Crippen molar-refractivity contribution in [3.8, 4) is 5.75 Å². The minimum atomic E-state index is -0.599. The Bertz CT molecular complexity index is 353. The molecule has 0 aliphatic heterocycles. The Hall–Kier alpha value is -1.07. The molecule has 0 fully saturated rings. The number of phenolic OH excluding ortho intramolecular Hbond substituents is 1. The number of amides is 1. The summed E-state index contributed by atoms with van der Waals surface area (Å²) in [6, 6.07) is 4.21. The second kappa shape index (κ2) is 4.43. The summed E-state index contributed by atoms with van der Waals surface area (Å²) in [7, 11) is 0. The number of nitrogens with one attached hydrogen (secondary N) is 1. The molecular formula is C9H11BrN2O2. The number of rotatable bonds is 2.